The predicted molar refractivity (Wildman–Crippen MR) is 100 cm³/mol. The molecule has 0 bridgehead atoms. The summed E-state index contributed by atoms with van der Waals surface area (Å²) in [4.78, 5) is 11.8. The number of unbranched alkanes of at least 4 members (excludes halogenated alkanes) is 1. The van der Waals surface area contributed by atoms with Gasteiger partial charge in [0.1, 0.15) is 5.75 Å². The zero-order valence-electron chi connectivity index (χ0n) is 14.8. The van der Waals surface area contributed by atoms with Crippen LogP contribution in [-0.2, 0) is 17.6 Å². The number of hydrogen-bond donors (Lipinski definition) is 2. The fourth-order valence-corrected chi connectivity index (χ4v) is 2.50. The van der Waals surface area contributed by atoms with Gasteiger partial charge >= 0.3 is 5.97 Å². The lowest BCUT2D eigenvalue weighted by Gasteiger charge is -2.07. The number of benzene rings is 2. The van der Waals surface area contributed by atoms with Crippen LogP contribution < -0.4 is 5.32 Å². The van der Waals surface area contributed by atoms with Crippen molar-refractivity contribution in [1.29, 1.82) is 0 Å². The molecule has 0 saturated heterocycles. The second-order valence-electron chi connectivity index (χ2n) is 6.07. The smallest absolute Gasteiger partial charge is 0.338 e. The first-order valence-electron chi connectivity index (χ1n) is 8.94. The van der Waals surface area contributed by atoms with Crippen LogP contribution in [0.1, 0.15) is 41.3 Å². The van der Waals surface area contributed by atoms with E-state index in [4.69, 9.17) is 4.74 Å². The molecule has 2 N–H and O–H groups in total. The van der Waals surface area contributed by atoms with Gasteiger partial charge in [0.2, 0.25) is 0 Å². The van der Waals surface area contributed by atoms with Gasteiger partial charge in [-0.1, -0.05) is 43.7 Å². The van der Waals surface area contributed by atoms with Gasteiger partial charge in [0.15, 0.2) is 0 Å². The lowest BCUT2D eigenvalue weighted by Crippen LogP contribution is -2.20. The van der Waals surface area contributed by atoms with Crippen LogP contribution in [0, 0.1) is 0 Å². The van der Waals surface area contributed by atoms with E-state index in [-0.39, 0.29) is 5.97 Å². The van der Waals surface area contributed by atoms with Crippen LogP contribution in [0.2, 0.25) is 0 Å². The van der Waals surface area contributed by atoms with E-state index >= 15 is 0 Å². The van der Waals surface area contributed by atoms with Gasteiger partial charge in [0.25, 0.3) is 0 Å². The van der Waals surface area contributed by atoms with Gasteiger partial charge in [-0.2, -0.15) is 0 Å². The molecule has 0 fully saturated rings. The Bertz CT molecular complexity index is 652. The number of phenolic OH excluding ortho intramolecular Hbond substituents is 1. The maximum atomic E-state index is 11.8. The maximum absolute atomic E-state index is 11.8. The Morgan fingerprint density at radius 1 is 1.04 bits per heavy atom. The number of carbonyl (C=O) groups is 1. The highest BCUT2D eigenvalue weighted by Crippen LogP contribution is 2.15. The molecule has 2 rings (SSSR count). The topological polar surface area (TPSA) is 58.6 Å². The fraction of sp³-hybridized carbons (Fsp3) is 0.381. The highest BCUT2D eigenvalue weighted by molar-refractivity contribution is 5.89. The molecule has 0 unspecified atom stereocenters. The molecule has 0 aliphatic rings. The van der Waals surface area contributed by atoms with Gasteiger partial charge in [0.05, 0.1) is 12.2 Å². The first-order valence-corrected chi connectivity index (χ1v) is 8.94. The molecule has 0 amide bonds. The number of aromatic hydroxyl groups is 1. The molecule has 2 aromatic carbocycles. The Kier molecular flexibility index (Phi) is 7.99. The van der Waals surface area contributed by atoms with E-state index in [2.05, 4.69) is 12.2 Å². The number of hydrogen-bond acceptors (Lipinski definition) is 4. The van der Waals surface area contributed by atoms with E-state index in [0.717, 1.165) is 44.3 Å². The lowest BCUT2D eigenvalue weighted by atomic mass is 10.1. The van der Waals surface area contributed by atoms with Crippen LogP contribution in [-0.4, -0.2) is 30.8 Å². The highest BCUT2D eigenvalue weighted by Gasteiger charge is 2.06. The molecule has 4 nitrogen and oxygen atoms in total. The van der Waals surface area contributed by atoms with E-state index in [1.165, 1.54) is 5.56 Å². The highest BCUT2D eigenvalue weighted by atomic mass is 16.5. The second kappa shape index (κ2) is 10.5. The summed E-state index contributed by atoms with van der Waals surface area (Å²) in [5.41, 5.74) is 2.74. The van der Waals surface area contributed by atoms with Gasteiger partial charge < -0.3 is 15.2 Å². The minimum absolute atomic E-state index is 0.249. The van der Waals surface area contributed by atoms with Crippen molar-refractivity contribution in [3.63, 3.8) is 0 Å². The molecule has 25 heavy (non-hydrogen) atoms. The zero-order valence-corrected chi connectivity index (χ0v) is 14.8. The molecule has 0 aliphatic carbocycles. The largest absolute Gasteiger partial charge is 0.508 e. The number of carbonyl (C=O) groups excluding carboxylic acids is 1. The van der Waals surface area contributed by atoms with Gasteiger partial charge in [0, 0.05) is 0 Å². The van der Waals surface area contributed by atoms with Crippen LogP contribution in [0.3, 0.4) is 0 Å². The van der Waals surface area contributed by atoms with Crippen molar-refractivity contribution < 1.29 is 14.6 Å². The third kappa shape index (κ3) is 6.59. The molecular weight excluding hydrogens is 314 g/mol. The molecule has 0 radical (unpaired) electrons. The van der Waals surface area contributed by atoms with Crippen LogP contribution >= 0.6 is 0 Å². The summed E-state index contributed by atoms with van der Waals surface area (Å²) >= 11 is 0. The summed E-state index contributed by atoms with van der Waals surface area (Å²) in [5, 5.41) is 13.1. The minimum atomic E-state index is -0.249. The summed E-state index contributed by atoms with van der Waals surface area (Å²) < 4.78 is 5.20. The Labute approximate surface area is 149 Å². The Morgan fingerprint density at radius 3 is 2.48 bits per heavy atom. The molecule has 0 aromatic heterocycles. The van der Waals surface area contributed by atoms with Gasteiger partial charge in [-0.25, -0.2) is 4.79 Å². The number of ether oxygens (including phenoxy) is 1. The minimum Gasteiger partial charge on any atom is -0.508 e. The van der Waals surface area contributed by atoms with Crippen LogP contribution in [0.5, 0.6) is 5.75 Å². The Morgan fingerprint density at radius 2 is 1.76 bits per heavy atom. The van der Waals surface area contributed by atoms with Crippen molar-refractivity contribution in [1.82, 2.24) is 5.32 Å². The quantitative estimate of drug-likeness (QED) is 0.511. The van der Waals surface area contributed by atoms with E-state index < -0.39 is 0 Å². The molecular formula is C21H27NO3. The summed E-state index contributed by atoms with van der Waals surface area (Å²) in [6.07, 6.45) is 3.61. The fourth-order valence-electron chi connectivity index (χ4n) is 2.50. The van der Waals surface area contributed by atoms with Crippen LogP contribution in [0.25, 0.3) is 0 Å². The zero-order chi connectivity index (χ0) is 17.9. The van der Waals surface area contributed by atoms with E-state index in [9.17, 15) is 9.90 Å². The summed E-state index contributed by atoms with van der Waals surface area (Å²) in [6, 6.07) is 15.0. The van der Waals surface area contributed by atoms with Crippen LogP contribution in [0.15, 0.2) is 48.5 Å². The van der Waals surface area contributed by atoms with E-state index in [1.54, 1.807) is 6.07 Å². The average Bonchev–Trinajstić information content (AvgIpc) is 2.63. The molecule has 0 saturated carbocycles. The SMILES string of the molecule is CCCCOC(=O)c1ccc(CCNCCc2ccccc2O)cc1. The first kappa shape index (κ1) is 19.0. The van der Waals surface area contributed by atoms with Crippen molar-refractivity contribution in [2.75, 3.05) is 19.7 Å². The monoisotopic (exact) mass is 341 g/mol. The summed E-state index contributed by atoms with van der Waals surface area (Å²) in [5.74, 6) is 0.103. The molecule has 0 atom stereocenters. The van der Waals surface area contributed by atoms with E-state index in [0.29, 0.717) is 17.9 Å². The molecule has 4 heteroatoms. The second-order valence-corrected chi connectivity index (χ2v) is 6.07. The van der Waals surface area contributed by atoms with Gasteiger partial charge in [-0.05, 0) is 61.7 Å². The molecule has 2 aromatic rings. The van der Waals surface area contributed by atoms with Gasteiger partial charge in [-0.15, -0.1) is 0 Å². The number of esters is 1. The standard InChI is InChI=1S/C21H27NO3/c1-2-3-16-25-21(24)19-10-8-17(9-11-19)12-14-22-15-13-18-6-4-5-7-20(18)23/h4-11,22-23H,2-3,12-16H2,1H3. The summed E-state index contributed by atoms with van der Waals surface area (Å²) in [6.45, 7) is 4.23. The summed E-state index contributed by atoms with van der Waals surface area (Å²) in [7, 11) is 0. The first-order chi connectivity index (χ1) is 12.2. The van der Waals surface area contributed by atoms with Crippen LogP contribution in [0.4, 0.5) is 0 Å². The van der Waals surface area contributed by atoms with Gasteiger partial charge in [-0.3, -0.25) is 0 Å². The Hall–Kier alpha value is -2.33. The molecule has 0 heterocycles. The van der Waals surface area contributed by atoms with E-state index in [1.807, 2.05) is 42.5 Å². The van der Waals surface area contributed by atoms with Crippen molar-refractivity contribution in [3.05, 3.63) is 65.2 Å². The molecule has 134 valence electrons. The van der Waals surface area contributed by atoms with Crippen molar-refractivity contribution in [2.45, 2.75) is 32.6 Å². The van der Waals surface area contributed by atoms with Crippen molar-refractivity contribution in [3.8, 4) is 5.75 Å². The normalized spacial score (nSPS) is 10.6. The predicted octanol–water partition coefficient (Wildman–Crippen LogP) is 3.72. The number of nitrogens with one attached hydrogen (secondary N) is 1. The third-order valence-electron chi connectivity index (χ3n) is 4.07. The third-order valence-corrected chi connectivity index (χ3v) is 4.07. The number of phenols is 1. The number of para-hydroxylation sites is 1. The molecule has 0 spiro atoms. The lowest BCUT2D eigenvalue weighted by molar-refractivity contribution is 0.0499. The average molecular weight is 341 g/mol. The maximum Gasteiger partial charge on any atom is 0.338 e. The van der Waals surface area contributed by atoms with Crippen molar-refractivity contribution in [2.24, 2.45) is 0 Å². The Balaban J connectivity index is 1.67. The molecule has 0 aliphatic heterocycles. The van der Waals surface area contributed by atoms with Crippen molar-refractivity contribution >= 4 is 5.97 Å². The number of rotatable bonds is 10.